The number of hydrogen-bond acceptors (Lipinski definition) is 2. The molecule has 0 bridgehead atoms. The standard InChI is InChI=1S/C18H15F5N2/c1-17(2)18(22,23)15-12(4-3-5-13(15)21)16(25-17)11-6-10(7-19)14(8-20)24-9-11/h3-6,9H,7-8H2,1-2H3. The number of hydrogen-bond donors (Lipinski definition) is 0. The highest BCUT2D eigenvalue weighted by Gasteiger charge is 2.54. The highest BCUT2D eigenvalue weighted by atomic mass is 19.3. The van der Waals surface area contributed by atoms with Gasteiger partial charge in [-0.2, -0.15) is 8.78 Å². The molecule has 2 heterocycles. The van der Waals surface area contributed by atoms with Crippen LogP contribution in [0.4, 0.5) is 22.0 Å². The lowest BCUT2D eigenvalue weighted by molar-refractivity contribution is -0.0710. The third-order valence-corrected chi connectivity index (χ3v) is 4.35. The van der Waals surface area contributed by atoms with Crippen molar-refractivity contribution >= 4 is 5.71 Å². The van der Waals surface area contributed by atoms with Crippen LogP contribution in [-0.2, 0) is 19.3 Å². The summed E-state index contributed by atoms with van der Waals surface area (Å²) in [6.45, 7) is 0.493. The van der Waals surface area contributed by atoms with E-state index in [9.17, 15) is 22.0 Å². The fourth-order valence-electron chi connectivity index (χ4n) is 2.88. The number of benzene rings is 1. The Morgan fingerprint density at radius 1 is 1.08 bits per heavy atom. The zero-order valence-corrected chi connectivity index (χ0v) is 13.6. The van der Waals surface area contributed by atoms with Crippen LogP contribution in [0.3, 0.4) is 0 Å². The molecule has 0 N–H and O–H groups in total. The summed E-state index contributed by atoms with van der Waals surface area (Å²) in [5.74, 6) is -4.56. The first-order valence-electron chi connectivity index (χ1n) is 7.60. The summed E-state index contributed by atoms with van der Waals surface area (Å²) in [5.41, 5.74) is -2.47. The highest BCUT2D eigenvalue weighted by Crippen LogP contribution is 2.47. The van der Waals surface area contributed by atoms with Crippen LogP contribution >= 0.6 is 0 Å². The molecule has 25 heavy (non-hydrogen) atoms. The molecule has 0 aliphatic carbocycles. The van der Waals surface area contributed by atoms with E-state index in [0.29, 0.717) is 0 Å². The van der Waals surface area contributed by atoms with Crippen molar-refractivity contribution in [3.63, 3.8) is 0 Å². The van der Waals surface area contributed by atoms with Crippen LogP contribution in [0.5, 0.6) is 0 Å². The number of aliphatic imine (C=N–C) groups is 1. The van der Waals surface area contributed by atoms with Crippen LogP contribution in [0.1, 0.15) is 41.8 Å². The number of rotatable bonds is 3. The molecule has 0 saturated carbocycles. The lowest BCUT2D eigenvalue weighted by Gasteiger charge is -2.37. The first kappa shape index (κ1) is 17.5. The number of fused-ring (bicyclic) bond motifs is 1. The van der Waals surface area contributed by atoms with Gasteiger partial charge in [-0.25, -0.2) is 13.2 Å². The first-order chi connectivity index (χ1) is 11.7. The van der Waals surface area contributed by atoms with Crippen molar-refractivity contribution in [1.82, 2.24) is 4.98 Å². The van der Waals surface area contributed by atoms with Crippen molar-refractivity contribution < 1.29 is 22.0 Å². The quantitative estimate of drug-likeness (QED) is 0.721. The van der Waals surface area contributed by atoms with Crippen LogP contribution in [0, 0.1) is 5.82 Å². The van der Waals surface area contributed by atoms with Crippen molar-refractivity contribution in [1.29, 1.82) is 0 Å². The maximum Gasteiger partial charge on any atom is 0.300 e. The number of alkyl halides is 4. The maximum atomic E-state index is 14.7. The molecule has 7 heteroatoms. The molecular weight excluding hydrogens is 339 g/mol. The molecule has 3 rings (SSSR count). The molecule has 132 valence electrons. The second kappa shape index (κ2) is 5.89. The first-order valence-corrected chi connectivity index (χ1v) is 7.60. The Morgan fingerprint density at radius 3 is 2.44 bits per heavy atom. The van der Waals surface area contributed by atoms with Crippen molar-refractivity contribution in [3.8, 4) is 0 Å². The van der Waals surface area contributed by atoms with Gasteiger partial charge in [0.1, 0.15) is 24.7 Å². The molecule has 0 fully saturated rings. The molecule has 1 aliphatic heterocycles. The number of nitrogens with zero attached hydrogens (tertiary/aromatic N) is 2. The van der Waals surface area contributed by atoms with E-state index in [4.69, 9.17) is 0 Å². The van der Waals surface area contributed by atoms with E-state index in [2.05, 4.69) is 9.98 Å². The van der Waals surface area contributed by atoms with Crippen LogP contribution in [-0.4, -0.2) is 16.2 Å². The minimum Gasteiger partial charge on any atom is -0.271 e. The van der Waals surface area contributed by atoms with Crippen molar-refractivity contribution in [3.05, 3.63) is 64.2 Å². The van der Waals surface area contributed by atoms with E-state index in [-0.39, 0.29) is 28.1 Å². The fraction of sp³-hybridized carbons (Fsp3) is 0.333. The lowest BCUT2D eigenvalue weighted by Crippen LogP contribution is -2.45. The SMILES string of the molecule is CC1(C)N=C(c2cnc(CF)c(CF)c2)c2cccc(F)c2C1(F)F. The van der Waals surface area contributed by atoms with Crippen molar-refractivity contribution in [2.24, 2.45) is 4.99 Å². The largest absolute Gasteiger partial charge is 0.300 e. The molecule has 0 radical (unpaired) electrons. The van der Waals surface area contributed by atoms with Gasteiger partial charge in [0.15, 0.2) is 0 Å². The zero-order valence-electron chi connectivity index (χ0n) is 13.6. The maximum absolute atomic E-state index is 14.7. The summed E-state index contributed by atoms with van der Waals surface area (Å²) in [6, 6.07) is 4.91. The van der Waals surface area contributed by atoms with Crippen LogP contribution in [0.15, 0.2) is 35.5 Å². The van der Waals surface area contributed by atoms with Crippen molar-refractivity contribution in [2.75, 3.05) is 0 Å². The Bertz CT molecular complexity index is 859. The summed E-state index contributed by atoms with van der Waals surface area (Å²) in [4.78, 5) is 7.94. The third-order valence-electron chi connectivity index (χ3n) is 4.35. The molecular formula is C18H15F5N2. The van der Waals surface area contributed by atoms with E-state index < -0.39 is 36.2 Å². The zero-order chi connectivity index (χ0) is 18.4. The monoisotopic (exact) mass is 354 g/mol. The Morgan fingerprint density at radius 2 is 1.80 bits per heavy atom. The predicted octanol–water partition coefficient (Wildman–Crippen LogP) is 4.88. The summed E-state index contributed by atoms with van der Waals surface area (Å²) >= 11 is 0. The average Bonchev–Trinajstić information content (AvgIpc) is 2.57. The smallest absolute Gasteiger partial charge is 0.271 e. The molecule has 1 aromatic heterocycles. The second-order valence-corrected chi connectivity index (χ2v) is 6.35. The van der Waals surface area contributed by atoms with Gasteiger partial charge in [0.25, 0.3) is 0 Å². The van der Waals surface area contributed by atoms with Crippen LogP contribution in [0.2, 0.25) is 0 Å². The molecule has 2 aromatic rings. The van der Waals surface area contributed by atoms with Crippen LogP contribution < -0.4 is 0 Å². The van der Waals surface area contributed by atoms with Gasteiger partial charge in [0, 0.05) is 22.9 Å². The second-order valence-electron chi connectivity index (χ2n) is 6.35. The minimum atomic E-state index is -3.52. The molecule has 0 spiro atoms. The minimum absolute atomic E-state index is 0.00999. The third kappa shape index (κ3) is 2.62. The molecule has 1 aliphatic rings. The Labute approximate surface area is 141 Å². The number of aromatic nitrogens is 1. The summed E-state index contributed by atoms with van der Waals surface area (Å²) in [5, 5.41) is 0. The molecule has 1 aromatic carbocycles. The van der Waals surface area contributed by atoms with Crippen LogP contribution in [0.25, 0.3) is 0 Å². The van der Waals surface area contributed by atoms with Gasteiger partial charge in [0.05, 0.1) is 17.0 Å². The van der Waals surface area contributed by atoms with E-state index in [1.165, 1.54) is 38.2 Å². The normalized spacial score (nSPS) is 17.8. The summed E-state index contributed by atoms with van der Waals surface area (Å²) in [7, 11) is 0. The number of pyridine rings is 1. The van der Waals surface area contributed by atoms with Gasteiger partial charge in [-0.1, -0.05) is 12.1 Å². The van der Waals surface area contributed by atoms with Gasteiger partial charge in [0.2, 0.25) is 0 Å². The van der Waals surface area contributed by atoms with Gasteiger partial charge in [-0.05, 0) is 26.0 Å². The summed E-state index contributed by atoms with van der Waals surface area (Å²) < 4.78 is 69.6. The lowest BCUT2D eigenvalue weighted by atomic mass is 9.81. The van der Waals surface area contributed by atoms with Gasteiger partial charge in [-0.15, -0.1) is 0 Å². The fourth-order valence-corrected chi connectivity index (χ4v) is 2.88. The van der Waals surface area contributed by atoms with E-state index in [1.54, 1.807) is 0 Å². The predicted molar refractivity (Wildman–Crippen MR) is 83.9 cm³/mol. The highest BCUT2D eigenvalue weighted by molar-refractivity contribution is 6.14. The molecule has 0 atom stereocenters. The van der Waals surface area contributed by atoms with Crippen molar-refractivity contribution in [2.45, 2.75) is 38.7 Å². The molecule has 0 saturated heterocycles. The number of halogens is 5. The topological polar surface area (TPSA) is 25.2 Å². The Kier molecular flexibility index (Phi) is 4.13. The summed E-state index contributed by atoms with van der Waals surface area (Å²) in [6.07, 6.45) is 1.24. The van der Waals surface area contributed by atoms with Gasteiger partial charge < -0.3 is 0 Å². The Balaban J connectivity index is 2.27. The van der Waals surface area contributed by atoms with Gasteiger partial charge in [-0.3, -0.25) is 9.98 Å². The molecule has 2 nitrogen and oxygen atoms in total. The van der Waals surface area contributed by atoms with E-state index in [1.807, 2.05) is 0 Å². The Hall–Kier alpha value is -2.31. The molecule has 0 amide bonds. The van der Waals surface area contributed by atoms with E-state index in [0.717, 1.165) is 6.07 Å². The molecule has 0 unspecified atom stereocenters. The average molecular weight is 354 g/mol. The van der Waals surface area contributed by atoms with Gasteiger partial charge >= 0.3 is 5.92 Å². The van der Waals surface area contributed by atoms with E-state index >= 15 is 0 Å².